The largest absolute Gasteiger partial charge is 0.420 e. The number of nitrogens with zero attached hydrogens (tertiary/aromatic N) is 3. The lowest BCUT2D eigenvalue weighted by Gasteiger charge is -2.14. The summed E-state index contributed by atoms with van der Waals surface area (Å²) >= 11 is 0. The number of hydrogen-bond donors (Lipinski definition) is 1. The van der Waals surface area contributed by atoms with Crippen LogP contribution in [0.2, 0.25) is 0 Å². The third-order valence-electron chi connectivity index (χ3n) is 4.54. The summed E-state index contributed by atoms with van der Waals surface area (Å²) < 4.78 is 8.60. The number of carbonyl (C=O) groups is 1. The van der Waals surface area contributed by atoms with Gasteiger partial charge in [-0.05, 0) is 25.1 Å². The van der Waals surface area contributed by atoms with Gasteiger partial charge in [-0.2, -0.15) is 5.10 Å². The lowest BCUT2D eigenvalue weighted by molar-refractivity contribution is -0.122. The van der Waals surface area contributed by atoms with Crippen molar-refractivity contribution in [3.05, 3.63) is 65.3 Å². The second-order valence-electron chi connectivity index (χ2n) is 6.59. The predicted molar refractivity (Wildman–Crippen MR) is 102 cm³/mol. The molecule has 0 saturated heterocycles. The van der Waals surface area contributed by atoms with Crippen LogP contribution in [-0.2, 0) is 17.9 Å². The average molecular weight is 364 g/mol. The molecule has 7 heteroatoms. The van der Waals surface area contributed by atoms with Crippen molar-refractivity contribution < 1.29 is 9.21 Å². The molecule has 2 aromatic carbocycles. The highest BCUT2D eigenvalue weighted by Gasteiger charge is 2.14. The van der Waals surface area contributed by atoms with Gasteiger partial charge in [-0.1, -0.05) is 30.3 Å². The van der Waals surface area contributed by atoms with Crippen molar-refractivity contribution >= 4 is 27.9 Å². The number of rotatable bonds is 6. The number of benzene rings is 2. The summed E-state index contributed by atoms with van der Waals surface area (Å²) in [5.74, 6) is -0.497. The van der Waals surface area contributed by atoms with E-state index in [1.807, 2.05) is 54.1 Å². The van der Waals surface area contributed by atoms with Crippen LogP contribution in [0.5, 0.6) is 0 Å². The molecule has 1 N–H and O–H groups in total. The normalized spacial score (nSPS) is 12.5. The van der Waals surface area contributed by atoms with Gasteiger partial charge >= 0.3 is 5.76 Å². The molecule has 0 spiro atoms. The van der Waals surface area contributed by atoms with Crippen LogP contribution in [0.4, 0.5) is 0 Å². The molecular weight excluding hydrogens is 344 g/mol. The van der Waals surface area contributed by atoms with E-state index in [-0.39, 0.29) is 11.9 Å². The molecule has 4 rings (SSSR count). The van der Waals surface area contributed by atoms with Gasteiger partial charge in [0.15, 0.2) is 5.58 Å². The fourth-order valence-electron chi connectivity index (χ4n) is 3.26. The quantitative estimate of drug-likeness (QED) is 0.570. The summed E-state index contributed by atoms with van der Waals surface area (Å²) in [6.07, 6.45) is 2.11. The van der Waals surface area contributed by atoms with Crippen molar-refractivity contribution in [3.63, 3.8) is 0 Å². The van der Waals surface area contributed by atoms with E-state index in [2.05, 4.69) is 10.4 Å². The van der Waals surface area contributed by atoms with Crippen LogP contribution >= 0.6 is 0 Å². The first-order valence-corrected chi connectivity index (χ1v) is 8.90. The minimum absolute atomic E-state index is 0.0806. The molecule has 7 nitrogen and oxygen atoms in total. The third-order valence-corrected chi connectivity index (χ3v) is 4.54. The first-order chi connectivity index (χ1) is 13.1. The van der Waals surface area contributed by atoms with Gasteiger partial charge in [-0.15, -0.1) is 0 Å². The Kier molecular flexibility index (Phi) is 4.50. The van der Waals surface area contributed by atoms with Crippen molar-refractivity contribution in [3.8, 4) is 0 Å². The first-order valence-electron chi connectivity index (χ1n) is 8.90. The molecule has 0 unspecified atom stereocenters. The van der Waals surface area contributed by atoms with Crippen LogP contribution in [0.15, 0.2) is 63.9 Å². The summed E-state index contributed by atoms with van der Waals surface area (Å²) in [5, 5.41) is 8.32. The standard InChI is InChI=1S/C20H20N4O3/c1-14(13-23-17-8-4-5-9-18(17)27-20(23)26)22-19(25)10-11-24-16-7-3-2-6-15(16)12-21-24/h2-9,12,14H,10-11,13H2,1H3,(H,22,25)/t14-/m0/s1. The lowest BCUT2D eigenvalue weighted by Crippen LogP contribution is -2.37. The number of carbonyl (C=O) groups excluding carboxylic acids is 1. The van der Waals surface area contributed by atoms with Crippen LogP contribution in [-0.4, -0.2) is 26.3 Å². The third kappa shape index (κ3) is 3.48. The first kappa shape index (κ1) is 17.1. The molecule has 2 aromatic heterocycles. The Balaban J connectivity index is 1.38. The van der Waals surface area contributed by atoms with Crippen molar-refractivity contribution in [2.75, 3.05) is 0 Å². The molecule has 0 radical (unpaired) electrons. The molecule has 0 fully saturated rings. The second kappa shape index (κ2) is 7.11. The Morgan fingerprint density at radius 1 is 1.15 bits per heavy atom. The van der Waals surface area contributed by atoms with Gasteiger partial charge in [0.1, 0.15) is 0 Å². The SMILES string of the molecule is C[C@@H](Cn1c(=O)oc2ccccc21)NC(=O)CCn1ncc2ccccc21. The van der Waals surface area contributed by atoms with Gasteiger partial charge in [-0.25, -0.2) is 4.79 Å². The van der Waals surface area contributed by atoms with E-state index in [0.717, 1.165) is 16.4 Å². The average Bonchev–Trinajstić information content (AvgIpc) is 3.21. The maximum absolute atomic E-state index is 12.3. The van der Waals surface area contributed by atoms with Crippen LogP contribution in [0.25, 0.3) is 22.0 Å². The zero-order valence-electron chi connectivity index (χ0n) is 15.0. The molecule has 0 aliphatic heterocycles. The van der Waals surface area contributed by atoms with Gasteiger partial charge in [0, 0.05) is 24.4 Å². The minimum atomic E-state index is -0.416. The maximum Gasteiger partial charge on any atom is 0.420 e. The molecule has 27 heavy (non-hydrogen) atoms. The van der Waals surface area contributed by atoms with E-state index >= 15 is 0 Å². The minimum Gasteiger partial charge on any atom is -0.408 e. The highest BCUT2D eigenvalue weighted by atomic mass is 16.4. The van der Waals surface area contributed by atoms with Crippen LogP contribution in [0.3, 0.4) is 0 Å². The van der Waals surface area contributed by atoms with Crippen molar-refractivity contribution in [1.29, 1.82) is 0 Å². The number of aryl methyl sites for hydroxylation is 1. The van der Waals surface area contributed by atoms with E-state index in [1.54, 1.807) is 16.8 Å². The molecule has 2 heterocycles. The number of hydrogen-bond acceptors (Lipinski definition) is 4. The van der Waals surface area contributed by atoms with Gasteiger partial charge in [0.2, 0.25) is 5.91 Å². The van der Waals surface area contributed by atoms with Crippen molar-refractivity contribution in [1.82, 2.24) is 19.7 Å². The highest BCUT2D eigenvalue weighted by Crippen LogP contribution is 2.13. The zero-order chi connectivity index (χ0) is 18.8. The molecule has 138 valence electrons. The van der Waals surface area contributed by atoms with Gasteiger partial charge < -0.3 is 9.73 Å². The Bertz CT molecular complexity index is 1150. The topological polar surface area (TPSA) is 82.1 Å². The van der Waals surface area contributed by atoms with E-state index < -0.39 is 5.76 Å². The Morgan fingerprint density at radius 2 is 1.89 bits per heavy atom. The van der Waals surface area contributed by atoms with Crippen LogP contribution in [0, 0.1) is 0 Å². The molecule has 1 atom stereocenters. The second-order valence-corrected chi connectivity index (χ2v) is 6.59. The number of fused-ring (bicyclic) bond motifs is 2. The Hall–Kier alpha value is -3.35. The summed E-state index contributed by atoms with van der Waals surface area (Å²) in [4.78, 5) is 24.3. The van der Waals surface area contributed by atoms with E-state index in [1.165, 1.54) is 0 Å². The number of oxazole rings is 1. The maximum atomic E-state index is 12.3. The Labute approximate surface area is 155 Å². The molecule has 0 aliphatic carbocycles. The molecule has 0 saturated carbocycles. The highest BCUT2D eigenvalue weighted by molar-refractivity contribution is 5.79. The van der Waals surface area contributed by atoms with E-state index in [9.17, 15) is 9.59 Å². The zero-order valence-corrected chi connectivity index (χ0v) is 15.0. The Morgan fingerprint density at radius 3 is 2.74 bits per heavy atom. The van der Waals surface area contributed by atoms with Crippen molar-refractivity contribution in [2.24, 2.45) is 0 Å². The van der Waals surface area contributed by atoms with E-state index in [4.69, 9.17) is 4.42 Å². The number of nitrogens with one attached hydrogen (secondary N) is 1. The van der Waals surface area contributed by atoms with Gasteiger partial charge in [0.25, 0.3) is 0 Å². The number of para-hydroxylation sites is 3. The van der Waals surface area contributed by atoms with Crippen LogP contribution in [0.1, 0.15) is 13.3 Å². The van der Waals surface area contributed by atoms with Crippen LogP contribution < -0.4 is 11.1 Å². The number of aromatic nitrogens is 3. The summed E-state index contributed by atoms with van der Waals surface area (Å²) in [7, 11) is 0. The van der Waals surface area contributed by atoms with Crippen molar-refractivity contribution in [2.45, 2.75) is 32.5 Å². The predicted octanol–water partition coefficient (Wildman–Crippen LogP) is 2.54. The van der Waals surface area contributed by atoms with Gasteiger partial charge in [0.05, 0.1) is 23.8 Å². The molecular formula is C20H20N4O3. The summed E-state index contributed by atoms with van der Waals surface area (Å²) in [6, 6.07) is 15.0. The monoisotopic (exact) mass is 364 g/mol. The summed E-state index contributed by atoms with van der Waals surface area (Å²) in [6.45, 7) is 2.72. The molecule has 0 bridgehead atoms. The van der Waals surface area contributed by atoms with Gasteiger partial charge in [-0.3, -0.25) is 14.0 Å². The fraction of sp³-hybridized carbons (Fsp3) is 0.250. The lowest BCUT2D eigenvalue weighted by atomic mass is 10.2. The molecule has 4 aromatic rings. The number of amides is 1. The fourth-order valence-corrected chi connectivity index (χ4v) is 3.26. The smallest absolute Gasteiger partial charge is 0.408 e. The van der Waals surface area contributed by atoms with E-state index in [0.29, 0.717) is 25.1 Å². The summed E-state index contributed by atoms with van der Waals surface area (Å²) in [5.41, 5.74) is 2.29. The molecule has 0 aliphatic rings. The molecule has 1 amide bonds.